The van der Waals surface area contributed by atoms with Gasteiger partial charge in [0.25, 0.3) is 0 Å². The smallest absolute Gasteiger partial charge is 0.416 e. The molecule has 0 saturated carbocycles. The zero-order chi connectivity index (χ0) is 13.5. The number of amides is 1. The summed E-state index contributed by atoms with van der Waals surface area (Å²) in [6.45, 7) is 1.87. The van der Waals surface area contributed by atoms with Gasteiger partial charge in [-0.1, -0.05) is 13.0 Å². The van der Waals surface area contributed by atoms with E-state index >= 15 is 0 Å². The maximum Gasteiger partial charge on any atom is 0.416 e. The molecule has 0 radical (unpaired) electrons. The highest BCUT2D eigenvalue weighted by Crippen LogP contribution is 2.25. The van der Waals surface area contributed by atoms with E-state index in [1.165, 1.54) is 24.5 Å². The Hall–Kier alpha value is -2.50. The first-order chi connectivity index (χ1) is 8.56. The number of aromatic hydroxyl groups is 1. The molecule has 6 heteroatoms. The number of rotatable bonds is 4. The van der Waals surface area contributed by atoms with Crippen LogP contribution in [0, 0.1) is 0 Å². The summed E-state index contributed by atoms with van der Waals surface area (Å²) in [5.41, 5.74) is -0.411. The lowest BCUT2D eigenvalue weighted by Gasteiger charge is -2.08. The van der Waals surface area contributed by atoms with Crippen LogP contribution in [-0.4, -0.2) is 22.3 Å². The summed E-state index contributed by atoms with van der Waals surface area (Å²) in [7, 11) is 0. The fraction of sp³-hybridized carbons (Fsp3) is 0.167. The second kappa shape index (κ2) is 6.29. The fourth-order valence-corrected chi connectivity index (χ4v) is 1.21. The maximum atomic E-state index is 11.3. The quantitative estimate of drug-likeness (QED) is 0.714. The lowest BCUT2D eigenvalue weighted by molar-refractivity contribution is 0.0695. The number of allylic oxidation sites excluding steroid dienone is 1. The van der Waals surface area contributed by atoms with Crippen LogP contribution in [0.5, 0.6) is 5.75 Å². The van der Waals surface area contributed by atoms with Crippen LogP contribution in [0.25, 0.3) is 0 Å². The number of hydrogen-bond acceptors (Lipinski definition) is 4. The molecule has 18 heavy (non-hydrogen) atoms. The van der Waals surface area contributed by atoms with Crippen molar-refractivity contribution in [2.24, 2.45) is 0 Å². The van der Waals surface area contributed by atoms with Crippen LogP contribution in [0.4, 0.5) is 10.5 Å². The molecule has 0 atom stereocenters. The molecule has 0 saturated heterocycles. The fourth-order valence-electron chi connectivity index (χ4n) is 1.21. The Morgan fingerprint density at radius 2 is 2.17 bits per heavy atom. The highest BCUT2D eigenvalue weighted by atomic mass is 16.5. The van der Waals surface area contributed by atoms with Crippen LogP contribution in [-0.2, 0) is 4.74 Å². The molecule has 6 nitrogen and oxygen atoms in total. The number of anilines is 1. The Balaban J connectivity index is 2.84. The standard InChI is InChI=1S/C12H13NO5/c1-2-3-7-18-12(17)13-8-5-4-6-9(14)10(8)11(15)16/h3-7,14H,2H2,1H3,(H,13,17)(H,15,16)/b7-3+. The third-order valence-electron chi connectivity index (χ3n) is 2.00. The van der Waals surface area contributed by atoms with E-state index in [9.17, 15) is 14.7 Å². The summed E-state index contributed by atoms with van der Waals surface area (Å²) in [4.78, 5) is 22.2. The van der Waals surface area contributed by atoms with Gasteiger partial charge in [-0.15, -0.1) is 0 Å². The topological polar surface area (TPSA) is 95.9 Å². The minimum Gasteiger partial charge on any atom is -0.507 e. The first-order valence-electron chi connectivity index (χ1n) is 5.24. The first kappa shape index (κ1) is 13.6. The van der Waals surface area contributed by atoms with Crippen LogP contribution in [0.15, 0.2) is 30.5 Å². The van der Waals surface area contributed by atoms with Gasteiger partial charge in [-0.3, -0.25) is 5.32 Å². The predicted molar refractivity (Wildman–Crippen MR) is 64.6 cm³/mol. The lowest BCUT2D eigenvalue weighted by Crippen LogP contribution is -2.14. The van der Waals surface area contributed by atoms with Crippen molar-refractivity contribution in [3.63, 3.8) is 0 Å². The average molecular weight is 251 g/mol. The largest absolute Gasteiger partial charge is 0.507 e. The summed E-state index contributed by atoms with van der Waals surface area (Å²) in [6.07, 6.45) is 2.71. The number of ether oxygens (including phenoxy) is 1. The Morgan fingerprint density at radius 3 is 2.78 bits per heavy atom. The first-order valence-corrected chi connectivity index (χ1v) is 5.24. The van der Waals surface area contributed by atoms with Crippen molar-refractivity contribution in [3.05, 3.63) is 36.1 Å². The van der Waals surface area contributed by atoms with Crippen molar-refractivity contribution in [2.45, 2.75) is 13.3 Å². The highest BCUT2D eigenvalue weighted by Gasteiger charge is 2.16. The van der Waals surface area contributed by atoms with E-state index in [1.54, 1.807) is 6.08 Å². The Labute approximate surface area is 104 Å². The number of carboxylic acids is 1. The molecule has 0 spiro atoms. The molecule has 0 fully saturated rings. The third-order valence-corrected chi connectivity index (χ3v) is 2.00. The molecule has 1 aromatic rings. The number of nitrogens with one attached hydrogen (secondary N) is 1. The molecule has 0 aliphatic carbocycles. The molecular formula is C12H13NO5. The summed E-state index contributed by atoms with van der Waals surface area (Å²) >= 11 is 0. The number of carboxylic acid groups (broad SMARTS) is 1. The Kier molecular flexibility index (Phi) is 4.74. The molecule has 0 aromatic heterocycles. The minimum absolute atomic E-state index is 0.0302. The third kappa shape index (κ3) is 3.51. The van der Waals surface area contributed by atoms with Gasteiger partial charge < -0.3 is 14.9 Å². The number of carbonyl (C=O) groups is 2. The zero-order valence-electron chi connectivity index (χ0n) is 9.71. The molecule has 1 rings (SSSR count). The van der Waals surface area contributed by atoms with Crippen molar-refractivity contribution in [1.82, 2.24) is 0 Å². The van der Waals surface area contributed by atoms with Gasteiger partial charge >= 0.3 is 12.1 Å². The lowest BCUT2D eigenvalue weighted by atomic mass is 10.1. The van der Waals surface area contributed by atoms with Gasteiger partial charge in [-0.25, -0.2) is 9.59 Å². The molecule has 1 amide bonds. The molecule has 0 unspecified atom stereocenters. The second-order valence-corrected chi connectivity index (χ2v) is 3.32. The Morgan fingerprint density at radius 1 is 1.44 bits per heavy atom. The predicted octanol–water partition coefficient (Wildman–Crippen LogP) is 2.56. The van der Waals surface area contributed by atoms with Crippen LogP contribution in [0.3, 0.4) is 0 Å². The number of phenols is 1. The number of hydrogen-bond donors (Lipinski definition) is 3. The van der Waals surface area contributed by atoms with Gasteiger partial charge in [0, 0.05) is 0 Å². The van der Waals surface area contributed by atoms with Gasteiger partial charge in [0.15, 0.2) is 0 Å². The summed E-state index contributed by atoms with van der Waals surface area (Å²) in [5.74, 6) is -1.77. The van der Waals surface area contributed by atoms with E-state index in [1.807, 2.05) is 6.92 Å². The molecule has 3 N–H and O–H groups in total. The van der Waals surface area contributed by atoms with Crippen molar-refractivity contribution in [1.29, 1.82) is 0 Å². The molecule has 0 aliphatic heterocycles. The van der Waals surface area contributed by atoms with Gasteiger partial charge in [0.05, 0.1) is 11.9 Å². The van der Waals surface area contributed by atoms with Crippen molar-refractivity contribution in [2.75, 3.05) is 5.32 Å². The minimum atomic E-state index is -1.34. The van der Waals surface area contributed by atoms with E-state index in [0.29, 0.717) is 6.42 Å². The molecule has 96 valence electrons. The van der Waals surface area contributed by atoms with Gasteiger partial charge in [-0.05, 0) is 24.6 Å². The van der Waals surface area contributed by atoms with E-state index in [4.69, 9.17) is 5.11 Å². The van der Waals surface area contributed by atoms with Gasteiger partial charge in [0.1, 0.15) is 11.3 Å². The second-order valence-electron chi connectivity index (χ2n) is 3.32. The van der Waals surface area contributed by atoms with Crippen molar-refractivity contribution < 1.29 is 24.5 Å². The van der Waals surface area contributed by atoms with E-state index in [-0.39, 0.29) is 11.3 Å². The van der Waals surface area contributed by atoms with Crippen LogP contribution in [0.2, 0.25) is 0 Å². The molecule has 0 bridgehead atoms. The summed E-state index contributed by atoms with van der Waals surface area (Å²) < 4.78 is 4.66. The monoisotopic (exact) mass is 251 g/mol. The van der Waals surface area contributed by atoms with E-state index in [0.717, 1.165) is 0 Å². The number of aromatic carboxylic acids is 1. The van der Waals surface area contributed by atoms with Crippen LogP contribution in [0.1, 0.15) is 23.7 Å². The molecule has 1 aromatic carbocycles. The number of benzene rings is 1. The molecule has 0 aliphatic rings. The normalized spacial score (nSPS) is 10.3. The zero-order valence-corrected chi connectivity index (χ0v) is 9.71. The Bertz CT molecular complexity index is 481. The average Bonchev–Trinajstić information content (AvgIpc) is 2.28. The van der Waals surface area contributed by atoms with E-state index in [2.05, 4.69) is 10.1 Å². The number of carbonyl (C=O) groups excluding carboxylic acids is 1. The maximum absolute atomic E-state index is 11.3. The van der Waals surface area contributed by atoms with Crippen molar-refractivity contribution in [3.8, 4) is 5.75 Å². The summed E-state index contributed by atoms with van der Waals surface area (Å²) in [6, 6.07) is 3.99. The van der Waals surface area contributed by atoms with E-state index < -0.39 is 17.8 Å². The van der Waals surface area contributed by atoms with Gasteiger partial charge in [0.2, 0.25) is 0 Å². The van der Waals surface area contributed by atoms with Gasteiger partial charge in [-0.2, -0.15) is 0 Å². The molecule has 0 heterocycles. The van der Waals surface area contributed by atoms with Crippen LogP contribution >= 0.6 is 0 Å². The summed E-state index contributed by atoms with van der Waals surface area (Å²) in [5, 5.41) is 20.5. The van der Waals surface area contributed by atoms with Crippen LogP contribution < -0.4 is 5.32 Å². The SMILES string of the molecule is CC/C=C/OC(=O)Nc1cccc(O)c1C(=O)O. The highest BCUT2D eigenvalue weighted by molar-refractivity contribution is 6.01. The molecular weight excluding hydrogens is 238 g/mol. The van der Waals surface area contributed by atoms with Crippen molar-refractivity contribution >= 4 is 17.7 Å².